The molecule has 30 heavy (non-hydrogen) atoms. The smallest absolute Gasteiger partial charge is 0.410 e. The number of carbonyl (C=O) groups excluding carboxylic acids is 3. The van der Waals surface area contributed by atoms with E-state index in [1.165, 1.54) is 0 Å². The molecule has 0 heterocycles. The molecule has 0 radical (unpaired) electrons. The third kappa shape index (κ3) is 7.52. The molecule has 1 N–H and O–H groups in total. The average Bonchev–Trinajstić information content (AvgIpc) is 2.76. The molecule has 1 aromatic rings. The van der Waals surface area contributed by atoms with Crippen LogP contribution in [0, 0.1) is 11.8 Å². The van der Waals surface area contributed by atoms with Crippen LogP contribution in [0.3, 0.4) is 0 Å². The van der Waals surface area contributed by atoms with Gasteiger partial charge in [-0.15, -0.1) is 0 Å². The van der Waals surface area contributed by atoms with E-state index >= 15 is 0 Å². The summed E-state index contributed by atoms with van der Waals surface area (Å²) >= 11 is 5.84. The Labute approximate surface area is 183 Å². The monoisotopic (exact) mass is 437 g/mol. The van der Waals surface area contributed by atoms with Crippen molar-refractivity contribution < 1.29 is 19.1 Å². The van der Waals surface area contributed by atoms with Crippen LogP contribution in [0.2, 0.25) is 5.02 Å². The van der Waals surface area contributed by atoms with Crippen LogP contribution in [0.25, 0.3) is 0 Å². The second-order valence-corrected chi connectivity index (χ2v) is 8.37. The number of halogens is 1. The summed E-state index contributed by atoms with van der Waals surface area (Å²) in [4.78, 5) is 39.4. The van der Waals surface area contributed by atoms with Gasteiger partial charge < -0.3 is 19.9 Å². The molecule has 7 nitrogen and oxygen atoms in total. The summed E-state index contributed by atoms with van der Waals surface area (Å²) in [6.45, 7) is 1.06. The first kappa shape index (κ1) is 24.0. The van der Waals surface area contributed by atoms with E-state index in [1.807, 2.05) is 0 Å². The van der Waals surface area contributed by atoms with Crippen molar-refractivity contribution >= 4 is 29.5 Å². The van der Waals surface area contributed by atoms with Gasteiger partial charge in [0.1, 0.15) is 5.75 Å². The van der Waals surface area contributed by atoms with Crippen LogP contribution < -0.4 is 10.1 Å². The molecule has 8 heteroatoms. The van der Waals surface area contributed by atoms with Crippen LogP contribution in [0.5, 0.6) is 5.75 Å². The molecule has 1 fully saturated rings. The van der Waals surface area contributed by atoms with E-state index in [2.05, 4.69) is 5.32 Å². The Morgan fingerprint density at radius 3 is 2.27 bits per heavy atom. The molecule has 0 aliphatic heterocycles. The lowest BCUT2D eigenvalue weighted by molar-refractivity contribution is -0.136. The van der Waals surface area contributed by atoms with Crippen LogP contribution in [0.1, 0.15) is 38.5 Å². The van der Waals surface area contributed by atoms with E-state index in [0.29, 0.717) is 36.2 Å². The Bertz CT molecular complexity index is 718. The zero-order valence-electron chi connectivity index (χ0n) is 18.0. The number of hydrogen-bond acceptors (Lipinski definition) is 4. The minimum Gasteiger partial charge on any atom is -0.410 e. The average molecular weight is 438 g/mol. The number of rotatable bonds is 8. The number of ether oxygens (including phenoxy) is 1. The second kappa shape index (κ2) is 11.8. The first-order chi connectivity index (χ1) is 14.3. The van der Waals surface area contributed by atoms with Crippen LogP contribution in [-0.4, -0.2) is 61.9 Å². The van der Waals surface area contributed by atoms with Gasteiger partial charge in [0.05, 0.1) is 0 Å². The summed E-state index contributed by atoms with van der Waals surface area (Å²) < 4.78 is 5.34. The van der Waals surface area contributed by atoms with E-state index in [1.54, 1.807) is 55.2 Å². The van der Waals surface area contributed by atoms with Gasteiger partial charge in [0.2, 0.25) is 11.8 Å². The topological polar surface area (TPSA) is 79.0 Å². The zero-order valence-corrected chi connectivity index (χ0v) is 18.8. The Morgan fingerprint density at radius 1 is 1.03 bits per heavy atom. The van der Waals surface area contributed by atoms with Crippen molar-refractivity contribution in [1.82, 2.24) is 15.1 Å². The summed E-state index contributed by atoms with van der Waals surface area (Å²) in [5, 5.41) is 3.16. The number of hydrogen-bond donors (Lipinski definition) is 1. The molecule has 0 spiro atoms. The first-order valence-electron chi connectivity index (χ1n) is 10.4. The van der Waals surface area contributed by atoms with Crippen LogP contribution in [0.15, 0.2) is 24.3 Å². The maximum absolute atomic E-state index is 12.6. The number of carbonyl (C=O) groups is 3. The summed E-state index contributed by atoms with van der Waals surface area (Å²) in [5.41, 5.74) is 0. The van der Waals surface area contributed by atoms with Gasteiger partial charge in [-0.25, -0.2) is 4.79 Å². The lowest BCUT2D eigenvalue weighted by atomic mass is 9.80. The number of nitrogens with one attached hydrogen (secondary N) is 1. The third-order valence-electron chi connectivity index (χ3n) is 5.73. The standard InChI is InChI=1S/C22H32ClN3O4/c1-24-20(27)13-15-25(2)21(28)17-6-4-16(5-7-17)12-14-26(3)22(29)30-19-10-8-18(23)9-11-19/h8-11,16-17H,4-7,12-15H2,1-3H3,(H,24,27). The molecule has 1 aliphatic carbocycles. The van der Waals surface area contributed by atoms with Gasteiger partial charge in [0.15, 0.2) is 0 Å². The van der Waals surface area contributed by atoms with Gasteiger partial charge in [0.25, 0.3) is 0 Å². The van der Waals surface area contributed by atoms with E-state index in [-0.39, 0.29) is 23.8 Å². The van der Waals surface area contributed by atoms with E-state index in [9.17, 15) is 14.4 Å². The second-order valence-electron chi connectivity index (χ2n) is 7.93. The van der Waals surface area contributed by atoms with Crippen molar-refractivity contribution in [1.29, 1.82) is 0 Å². The minimum absolute atomic E-state index is 0.0311. The Hall–Kier alpha value is -2.28. The Morgan fingerprint density at radius 2 is 1.67 bits per heavy atom. The van der Waals surface area contributed by atoms with Crippen molar-refractivity contribution in [2.45, 2.75) is 38.5 Å². The lowest BCUT2D eigenvalue weighted by Crippen LogP contribution is -2.37. The molecule has 166 valence electrons. The van der Waals surface area contributed by atoms with Crippen molar-refractivity contribution in [3.63, 3.8) is 0 Å². The highest BCUT2D eigenvalue weighted by atomic mass is 35.5. The molecule has 0 saturated heterocycles. The first-order valence-corrected chi connectivity index (χ1v) is 10.8. The van der Waals surface area contributed by atoms with Crippen molar-refractivity contribution in [3.05, 3.63) is 29.3 Å². The molecular formula is C22H32ClN3O4. The Balaban J connectivity index is 1.68. The van der Waals surface area contributed by atoms with E-state index in [4.69, 9.17) is 16.3 Å². The van der Waals surface area contributed by atoms with Gasteiger partial charge in [-0.3, -0.25) is 9.59 Å². The number of benzene rings is 1. The molecule has 1 saturated carbocycles. The molecule has 0 unspecified atom stereocenters. The SMILES string of the molecule is CNC(=O)CCN(C)C(=O)C1CCC(CCN(C)C(=O)Oc2ccc(Cl)cc2)CC1. The predicted octanol–water partition coefficient (Wildman–Crippen LogP) is 3.56. The van der Waals surface area contributed by atoms with Crippen molar-refractivity contribution in [2.24, 2.45) is 11.8 Å². The van der Waals surface area contributed by atoms with Gasteiger partial charge in [-0.05, 0) is 62.3 Å². The van der Waals surface area contributed by atoms with Gasteiger partial charge in [-0.2, -0.15) is 0 Å². The molecular weight excluding hydrogens is 406 g/mol. The van der Waals surface area contributed by atoms with Crippen molar-refractivity contribution in [2.75, 3.05) is 34.2 Å². The Kier molecular flexibility index (Phi) is 9.43. The quantitative estimate of drug-likeness (QED) is 0.674. The van der Waals surface area contributed by atoms with Gasteiger partial charge in [-0.1, -0.05) is 11.6 Å². The highest BCUT2D eigenvalue weighted by Gasteiger charge is 2.28. The lowest BCUT2D eigenvalue weighted by Gasteiger charge is -2.31. The highest BCUT2D eigenvalue weighted by Crippen LogP contribution is 2.32. The van der Waals surface area contributed by atoms with Crippen LogP contribution >= 0.6 is 11.6 Å². The summed E-state index contributed by atoms with van der Waals surface area (Å²) in [6, 6.07) is 6.69. The highest BCUT2D eigenvalue weighted by molar-refractivity contribution is 6.30. The largest absolute Gasteiger partial charge is 0.414 e. The summed E-state index contributed by atoms with van der Waals surface area (Å²) in [7, 11) is 5.09. The maximum atomic E-state index is 12.6. The molecule has 0 atom stereocenters. The number of amides is 3. The van der Waals surface area contributed by atoms with Crippen LogP contribution in [0.4, 0.5) is 4.79 Å². The molecule has 0 bridgehead atoms. The molecule has 0 aromatic heterocycles. The molecule has 2 rings (SSSR count). The van der Waals surface area contributed by atoms with Crippen LogP contribution in [-0.2, 0) is 9.59 Å². The van der Waals surface area contributed by atoms with Crippen molar-refractivity contribution in [3.8, 4) is 5.75 Å². The zero-order chi connectivity index (χ0) is 22.1. The third-order valence-corrected chi connectivity index (χ3v) is 5.98. The fourth-order valence-corrected chi connectivity index (χ4v) is 3.79. The summed E-state index contributed by atoms with van der Waals surface area (Å²) in [5.74, 6) is 1.06. The molecule has 1 aromatic carbocycles. The maximum Gasteiger partial charge on any atom is 0.414 e. The van der Waals surface area contributed by atoms with E-state index < -0.39 is 0 Å². The molecule has 1 aliphatic rings. The normalized spacial score (nSPS) is 18.4. The summed E-state index contributed by atoms with van der Waals surface area (Å²) in [6.07, 6.45) is 4.48. The predicted molar refractivity (Wildman–Crippen MR) is 116 cm³/mol. The number of nitrogens with zero attached hydrogens (tertiary/aromatic N) is 2. The van der Waals surface area contributed by atoms with Gasteiger partial charge >= 0.3 is 6.09 Å². The van der Waals surface area contributed by atoms with E-state index in [0.717, 1.165) is 32.1 Å². The minimum atomic E-state index is -0.390. The molecule has 3 amide bonds. The fraction of sp³-hybridized carbons (Fsp3) is 0.591. The van der Waals surface area contributed by atoms with Gasteiger partial charge in [0, 0.05) is 51.6 Å². The fourth-order valence-electron chi connectivity index (χ4n) is 3.66.